The Bertz CT molecular complexity index is 279. The zero-order valence-electron chi connectivity index (χ0n) is 13.1. The van der Waals surface area contributed by atoms with Gasteiger partial charge in [0.15, 0.2) is 0 Å². The van der Waals surface area contributed by atoms with E-state index < -0.39 is 0 Å². The van der Waals surface area contributed by atoms with Crippen LogP contribution in [-0.4, -0.2) is 42.8 Å². The fourth-order valence-electron chi connectivity index (χ4n) is 2.78. The number of carbonyl (C=O) groups is 1. The Morgan fingerprint density at radius 3 is 2.42 bits per heavy atom. The van der Waals surface area contributed by atoms with Gasteiger partial charge in [-0.05, 0) is 31.6 Å². The molecule has 0 aromatic rings. The highest BCUT2D eigenvalue weighted by molar-refractivity contribution is 5.68. The Labute approximate surface area is 117 Å². The molecule has 2 atom stereocenters. The zero-order chi connectivity index (χ0) is 14.4. The van der Waals surface area contributed by atoms with Crippen LogP contribution >= 0.6 is 0 Å². The van der Waals surface area contributed by atoms with Crippen LogP contribution in [0, 0.1) is 11.8 Å². The van der Waals surface area contributed by atoms with Gasteiger partial charge >= 0.3 is 6.09 Å². The Morgan fingerprint density at radius 2 is 1.89 bits per heavy atom. The number of ether oxygens (including phenoxy) is 1. The van der Waals surface area contributed by atoms with Gasteiger partial charge in [0.2, 0.25) is 0 Å². The third-order valence-corrected chi connectivity index (χ3v) is 3.50. The van der Waals surface area contributed by atoms with Gasteiger partial charge in [0.05, 0.1) is 6.61 Å². The van der Waals surface area contributed by atoms with Crippen LogP contribution in [0.25, 0.3) is 0 Å². The largest absolute Gasteiger partial charge is 0.450 e. The lowest BCUT2D eigenvalue weighted by molar-refractivity contribution is 0.0628. The Hall–Kier alpha value is -0.770. The minimum Gasteiger partial charge on any atom is -0.450 e. The normalized spacial score (nSPS) is 24.1. The minimum atomic E-state index is -0.150. The second kappa shape index (κ2) is 7.73. The quantitative estimate of drug-likeness (QED) is 0.835. The molecule has 1 fully saturated rings. The predicted molar refractivity (Wildman–Crippen MR) is 78.2 cm³/mol. The molecule has 1 heterocycles. The second-order valence-corrected chi connectivity index (χ2v) is 6.37. The van der Waals surface area contributed by atoms with E-state index in [4.69, 9.17) is 4.74 Å². The van der Waals surface area contributed by atoms with Gasteiger partial charge in [0.1, 0.15) is 0 Å². The SMILES string of the molecule is CCOC(=O)N1CC(CC(C)C)NCC1CC(C)C. The molecule has 0 aromatic carbocycles. The molecule has 1 aliphatic rings. The molecule has 0 aliphatic carbocycles. The number of nitrogens with one attached hydrogen (secondary N) is 1. The van der Waals surface area contributed by atoms with E-state index in [0.29, 0.717) is 24.5 Å². The molecule has 0 radical (unpaired) electrons. The molecule has 0 aromatic heterocycles. The molecule has 0 spiro atoms. The van der Waals surface area contributed by atoms with Crippen LogP contribution in [-0.2, 0) is 4.74 Å². The van der Waals surface area contributed by atoms with Crippen LogP contribution in [0.4, 0.5) is 4.79 Å². The highest BCUT2D eigenvalue weighted by Gasteiger charge is 2.32. The van der Waals surface area contributed by atoms with Crippen LogP contribution in [0.2, 0.25) is 0 Å². The summed E-state index contributed by atoms with van der Waals surface area (Å²) in [5.41, 5.74) is 0. The topological polar surface area (TPSA) is 41.6 Å². The van der Waals surface area contributed by atoms with Gasteiger partial charge < -0.3 is 15.0 Å². The second-order valence-electron chi connectivity index (χ2n) is 6.37. The van der Waals surface area contributed by atoms with Crippen molar-refractivity contribution >= 4 is 6.09 Å². The standard InChI is InChI=1S/C15H30N2O2/c1-6-19-15(18)17-10-13(7-11(2)3)16-9-14(17)8-12(4)5/h11-14,16H,6-10H2,1-5H3. The van der Waals surface area contributed by atoms with Crippen LogP contribution in [0.3, 0.4) is 0 Å². The molecule has 2 unspecified atom stereocenters. The number of carbonyl (C=O) groups excluding carboxylic acids is 1. The van der Waals surface area contributed by atoms with Crippen molar-refractivity contribution in [3.05, 3.63) is 0 Å². The summed E-state index contributed by atoms with van der Waals surface area (Å²) >= 11 is 0. The van der Waals surface area contributed by atoms with Crippen molar-refractivity contribution in [3.63, 3.8) is 0 Å². The monoisotopic (exact) mass is 270 g/mol. The summed E-state index contributed by atoms with van der Waals surface area (Å²) in [6.45, 7) is 12.8. The molecule has 0 bridgehead atoms. The van der Waals surface area contributed by atoms with Gasteiger partial charge in [-0.1, -0.05) is 27.7 Å². The van der Waals surface area contributed by atoms with Gasteiger partial charge in [0, 0.05) is 25.2 Å². The van der Waals surface area contributed by atoms with Gasteiger partial charge in [-0.15, -0.1) is 0 Å². The van der Waals surface area contributed by atoms with Crippen molar-refractivity contribution in [2.75, 3.05) is 19.7 Å². The third-order valence-electron chi connectivity index (χ3n) is 3.50. The van der Waals surface area contributed by atoms with Crippen molar-refractivity contribution in [1.82, 2.24) is 10.2 Å². The first-order valence-corrected chi connectivity index (χ1v) is 7.60. The van der Waals surface area contributed by atoms with Gasteiger partial charge in [-0.3, -0.25) is 0 Å². The fourth-order valence-corrected chi connectivity index (χ4v) is 2.78. The molecule has 1 amide bonds. The molecule has 1 aliphatic heterocycles. The fraction of sp³-hybridized carbons (Fsp3) is 0.933. The van der Waals surface area contributed by atoms with E-state index in [9.17, 15) is 4.79 Å². The number of piperazine rings is 1. The van der Waals surface area contributed by atoms with E-state index in [1.165, 1.54) is 0 Å². The average molecular weight is 270 g/mol. The van der Waals surface area contributed by atoms with Crippen LogP contribution in [0.5, 0.6) is 0 Å². The van der Waals surface area contributed by atoms with Gasteiger partial charge in [-0.2, -0.15) is 0 Å². The molecule has 1 N–H and O–H groups in total. The van der Waals surface area contributed by atoms with E-state index >= 15 is 0 Å². The van der Waals surface area contributed by atoms with Crippen LogP contribution < -0.4 is 5.32 Å². The van der Waals surface area contributed by atoms with Gasteiger partial charge in [-0.25, -0.2) is 4.79 Å². The first-order valence-electron chi connectivity index (χ1n) is 7.60. The smallest absolute Gasteiger partial charge is 0.410 e. The number of hydrogen-bond acceptors (Lipinski definition) is 3. The van der Waals surface area contributed by atoms with Crippen molar-refractivity contribution in [2.45, 2.75) is 59.5 Å². The molecule has 1 rings (SSSR count). The molecular formula is C15H30N2O2. The number of rotatable bonds is 5. The van der Waals surface area contributed by atoms with Gasteiger partial charge in [0.25, 0.3) is 0 Å². The average Bonchev–Trinajstić information content (AvgIpc) is 2.30. The minimum absolute atomic E-state index is 0.150. The Morgan fingerprint density at radius 1 is 1.26 bits per heavy atom. The first-order chi connectivity index (χ1) is 8.93. The van der Waals surface area contributed by atoms with Crippen molar-refractivity contribution in [3.8, 4) is 0 Å². The highest BCUT2D eigenvalue weighted by Crippen LogP contribution is 2.19. The molecule has 4 heteroatoms. The maximum Gasteiger partial charge on any atom is 0.410 e. The maximum absolute atomic E-state index is 12.1. The predicted octanol–water partition coefficient (Wildman–Crippen LogP) is 2.88. The summed E-state index contributed by atoms with van der Waals surface area (Å²) in [4.78, 5) is 14.0. The molecule has 112 valence electrons. The molecule has 1 saturated heterocycles. The number of hydrogen-bond donors (Lipinski definition) is 1. The zero-order valence-corrected chi connectivity index (χ0v) is 13.1. The Balaban J connectivity index is 2.65. The van der Waals surface area contributed by atoms with Crippen LogP contribution in [0.1, 0.15) is 47.5 Å². The maximum atomic E-state index is 12.1. The first kappa shape index (κ1) is 16.3. The van der Waals surface area contributed by atoms with Crippen LogP contribution in [0.15, 0.2) is 0 Å². The lowest BCUT2D eigenvalue weighted by Crippen LogP contribution is -2.58. The van der Waals surface area contributed by atoms with E-state index in [0.717, 1.165) is 25.9 Å². The third kappa shape index (κ3) is 5.39. The number of nitrogens with zero attached hydrogens (tertiary/aromatic N) is 1. The summed E-state index contributed by atoms with van der Waals surface area (Å²) in [6, 6.07) is 0.662. The molecule has 4 nitrogen and oxygen atoms in total. The van der Waals surface area contributed by atoms with E-state index in [2.05, 4.69) is 33.0 Å². The summed E-state index contributed by atoms with van der Waals surface area (Å²) in [5, 5.41) is 3.58. The van der Waals surface area contributed by atoms with E-state index in [1.54, 1.807) is 0 Å². The summed E-state index contributed by atoms with van der Waals surface area (Å²) in [5.74, 6) is 1.23. The summed E-state index contributed by atoms with van der Waals surface area (Å²) < 4.78 is 5.21. The Kier molecular flexibility index (Phi) is 6.63. The molecule has 19 heavy (non-hydrogen) atoms. The lowest BCUT2D eigenvalue weighted by atomic mass is 9.96. The van der Waals surface area contributed by atoms with E-state index in [-0.39, 0.29) is 12.1 Å². The summed E-state index contributed by atoms with van der Waals surface area (Å²) in [6.07, 6.45) is 1.98. The van der Waals surface area contributed by atoms with Crippen molar-refractivity contribution in [1.29, 1.82) is 0 Å². The summed E-state index contributed by atoms with van der Waals surface area (Å²) in [7, 11) is 0. The molecule has 0 saturated carbocycles. The highest BCUT2D eigenvalue weighted by atomic mass is 16.6. The molecular weight excluding hydrogens is 240 g/mol. The van der Waals surface area contributed by atoms with Crippen molar-refractivity contribution < 1.29 is 9.53 Å². The lowest BCUT2D eigenvalue weighted by Gasteiger charge is -2.41. The number of amides is 1. The van der Waals surface area contributed by atoms with Crippen molar-refractivity contribution in [2.24, 2.45) is 11.8 Å². The van der Waals surface area contributed by atoms with E-state index in [1.807, 2.05) is 11.8 Å².